The van der Waals surface area contributed by atoms with Gasteiger partial charge in [-0.2, -0.15) is 0 Å². The first kappa shape index (κ1) is 19.8. The Hall–Kier alpha value is -4.46. The summed E-state index contributed by atoms with van der Waals surface area (Å²) < 4.78 is 0. The van der Waals surface area contributed by atoms with Crippen LogP contribution in [0.3, 0.4) is 0 Å². The van der Waals surface area contributed by atoms with Crippen molar-refractivity contribution in [2.45, 2.75) is 6.04 Å². The fourth-order valence-electron chi connectivity index (χ4n) is 3.38. The van der Waals surface area contributed by atoms with Gasteiger partial charge in [-0.3, -0.25) is 15.1 Å². The van der Waals surface area contributed by atoms with E-state index in [-0.39, 0.29) is 17.0 Å². The van der Waals surface area contributed by atoms with Crippen LogP contribution in [0.25, 0.3) is 10.9 Å². The van der Waals surface area contributed by atoms with Crippen LogP contribution in [-0.2, 0) is 0 Å². The number of nitro groups is 1. The largest absolute Gasteiger partial charge is 0.505 e. The normalized spacial score (nSPS) is 11.7. The minimum absolute atomic E-state index is 0.00360. The third kappa shape index (κ3) is 3.99. The number of carboxylic acids is 1. The van der Waals surface area contributed by atoms with Gasteiger partial charge in [0.1, 0.15) is 11.3 Å². The van der Waals surface area contributed by atoms with E-state index >= 15 is 0 Å². The maximum atomic E-state index is 11.1. The number of non-ortho nitro benzene ring substituents is 1. The van der Waals surface area contributed by atoms with Gasteiger partial charge in [0.05, 0.1) is 16.5 Å². The summed E-state index contributed by atoms with van der Waals surface area (Å²) in [5.74, 6) is -1.03. The van der Waals surface area contributed by atoms with Crippen molar-refractivity contribution in [2.24, 2.45) is 0 Å². The number of fused-ring (bicyclic) bond motifs is 1. The highest BCUT2D eigenvalue weighted by molar-refractivity contribution is 5.88. The molecule has 0 spiro atoms. The van der Waals surface area contributed by atoms with Crippen molar-refractivity contribution in [1.82, 2.24) is 4.98 Å². The Morgan fingerprint density at radius 3 is 2.35 bits per heavy atom. The van der Waals surface area contributed by atoms with Crippen LogP contribution >= 0.6 is 0 Å². The van der Waals surface area contributed by atoms with E-state index in [1.165, 1.54) is 24.3 Å². The van der Waals surface area contributed by atoms with Crippen LogP contribution in [0, 0.1) is 10.1 Å². The summed E-state index contributed by atoms with van der Waals surface area (Å²) in [6.07, 6.45) is 1.59. The molecule has 0 aliphatic carbocycles. The molecule has 4 rings (SSSR count). The molecule has 0 bridgehead atoms. The predicted molar refractivity (Wildman–Crippen MR) is 115 cm³/mol. The minimum atomic E-state index is -1.03. The number of aromatic nitrogens is 1. The molecule has 1 heterocycles. The number of nitrogens with one attached hydrogen (secondary N) is 1. The number of nitro benzene ring substituents is 1. The molecule has 0 amide bonds. The lowest BCUT2D eigenvalue weighted by molar-refractivity contribution is -0.384. The topological polar surface area (TPSA) is 126 Å². The molecule has 0 saturated heterocycles. The van der Waals surface area contributed by atoms with Crippen molar-refractivity contribution in [1.29, 1.82) is 0 Å². The minimum Gasteiger partial charge on any atom is -0.505 e. The molecule has 0 saturated carbocycles. The zero-order valence-electron chi connectivity index (χ0n) is 16.1. The molecule has 8 heteroatoms. The average molecular weight is 415 g/mol. The van der Waals surface area contributed by atoms with Crippen LogP contribution in [0.2, 0.25) is 0 Å². The summed E-state index contributed by atoms with van der Waals surface area (Å²) in [7, 11) is 0. The molecular weight excluding hydrogens is 398 g/mol. The summed E-state index contributed by atoms with van der Waals surface area (Å²) >= 11 is 0. The van der Waals surface area contributed by atoms with Gasteiger partial charge in [0.25, 0.3) is 5.69 Å². The van der Waals surface area contributed by atoms with Gasteiger partial charge in [0, 0.05) is 35.0 Å². The first-order valence-electron chi connectivity index (χ1n) is 9.35. The van der Waals surface area contributed by atoms with Crippen LogP contribution in [0.4, 0.5) is 11.4 Å². The Kier molecular flexibility index (Phi) is 5.19. The molecule has 154 valence electrons. The van der Waals surface area contributed by atoms with E-state index in [9.17, 15) is 20.0 Å². The predicted octanol–water partition coefficient (Wildman–Crippen LogP) is 4.75. The number of carboxylic acid groups (broad SMARTS) is 1. The summed E-state index contributed by atoms with van der Waals surface area (Å²) in [6, 6.07) is 18.9. The molecule has 0 aliphatic heterocycles. The maximum absolute atomic E-state index is 11.1. The Balaban J connectivity index is 1.80. The van der Waals surface area contributed by atoms with Crippen molar-refractivity contribution in [3.63, 3.8) is 0 Å². The number of aromatic hydroxyl groups is 1. The van der Waals surface area contributed by atoms with Gasteiger partial charge in [-0.1, -0.05) is 18.2 Å². The molecule has 1 unspecified atom stereocenters. The Morgan fingerprint density at radius 2 is 1.71 bits per heavy atom. The molecule has 31 heavy (non-hydrogen) atoms. The SMILES string of the molecule is O=C(O)c1ccc(NC(c2ccc([N+](=O)[O-])cc2)c2ccc3cccnc3c2O)cc1. The fourth-order valence-corrected chi connectivity index (χ4v) is 3.38. The fraction of sp³-hybridized carbons (Fsp3) is 0.0435. The number of anilines is 1. The van der Waals surface area contributed by atoms with Crippen LogP contribution in [0.1, 0.15) is 27.5 Å². The van der Waals surface area contributed by atoms with Gasteiger partial charge in [0.2, 0.25) is 0 Å². The molecule has 0 radical (unpaired) electrons. The standard InChI is InChI=1S/C23H17N3O5/c27-22-19(12-7-14-2-1-13-24-21(14)22)20(15-5-10-18(11-6-15)26(30)31)25-17-8-3-16(4-9-17)23(28)29/h1-13,20,25,27H,(H,28,29). The first-order chi connectivity index (χ1) is 14.9. The molecule has 1 atom stereocenters. The second-order valence-corrected chi connectivity index (χ2v) is 6.89. The van der Waals surface area contributed by atoms with Crippen molar-refractivity contribution in [2.75, 3.05) is 5.32 Å². The second-order valence-electron chi connectivity index (χ2n) is 6.89. The van der Waals surface area contributed by atoms with E-state index in [0.29, 0.717) is 22.3 Å². The van der Waals surface area contributed by atoms with Crippen LogP contribution in [-0.4, -0.2) is 26.1 Å². The number of benzene rings is 3. The summed E-state index contributed by atoms with van der Waals surface area (Å²) in [4.78, 5) is 25.9. The molecule has 1 aromatic heterocycles. The monoisotopic (exact) mass is 415 g/mol. The molecule has 0 fully saturated rings. The number of aromatic carboxylic acids is 1. The number of rotatable bonds is 6. The summed E-state index contributed by atoms with van der Waals surface area (Å²) in [5.41, 5.74) is 2.37. The third-order valence-corrected chi connectivity index (χ3v) is 4.97. The second kappa shape index (κ2) is 8.11. The Morgan fingerprint density at radius 1 is 1.00 bits per heavy atom. The number of hydrogen-bond acceptors (Lipinski definition) is 6. The van der Waals surface area contributed by atoms with E-state index in [0.717, 1.165) is 5.39 Å². The van der Waals surface area contributed by atoms with Crippen molar-refractivity contribution in [3.05, 3.63) is 106 Å². The summed E-state index contributed by atoms with van der Waals surface area (Å²) in [6.45, 7) is 0. The highest BCUT2D eigenvalue weighted by atomic mass is 16.6. The van der Waals surface area contributed by atoms with Gasteiger partial charge < -0.3 is 15.5 Å². The zero-order chi connectivity index (χ0) is 22.0. The average Bonchev–Trinajstić information content (AvgIpc) is 2.79. The van der Waals surface area contributed by atoms with Gasteiger partial charge in [-0.25, -0.2) is 4.79 Å². The summed E-state index contributed by atoms with van der Waals surface area (Å²) in [5, 5.41) is 35.1. The van der Waals surface area contributed by atoms with E-state index in [2.05, 4.69) is 10.3 Å². The zero-order valence-corrected chi connectivity index (χ0v) is 16.1. The number of pyridine rings is 1. The van der Waals surface area contributed by atoms with Crippen molar-refractivity contribution in [3.8, 4) is 5.75 Å². The Labute approximate surface area is 176 Å². The molecule has 3 aromatic carbocycles. The smallest absolute Gasteiger partial charge is 0.335 e. The molecule has 8 nitrogen and oxygen atoms in total. The van der Waals surface area contributed by atoms with Crippen molar-refractivity contribution < 1.29 is 19.9 Å². The molecular formula is C23H17N3O5. The maximum Gasteiger partial charge on any atom is 0.335 e. The van der Waals surface area contributed by atoms with Crippen LogP contribution in [0.15, 0.2) is 79.0 Å². The lowest BCUT2D eigenvalue weighted by atomic mass is 9.95. The molecule has 3 N–H and O–H groups in total. The lowest BCUT2D eigenvalue weighted by Gasteiger charge is -2.22. The van der Waals surface area contributed by atoms with E-state index < -0.39 is 16.9 Å². The van der Waals surface area contributed by atoms with Gasteiger partial charge in [-0.15, -0.1) is 0 Å². The van der Waals surface area contributed by atoms with E-state index in [4.69, 9.17) is 5.11 Å². The van der Waals surface area contributed by atoms with Crippen LogP contribution in [0.5, 0.6) is 5.75 Å². The first-order valence-corrected chi connectivity index (χ1v) is 9.35. The number of phenolic OH excluding ortho intramolecular Hbond substituents is 1. The Bertz CT molecular complexity index is 1270. The van der Waals surface area contributed by atoms with E-state index in [1.54, 1.807) is 42.6 Å². The quantitative estimate of drug-likeness (QED) is 0.306. The van der Waals surface area contributed by atoms with Crippen LogP contribution < -0.4 is 5.32 Å². The van der Waals surface area contributed by atoms with Gasteiger partial charge in [-0.05, 0) is 48.0 Å². The molecule has 4 aromatic rings. The number of nitrogens with zero attached hydrogens (tertiary/aromatic N) is 2. The highest BCUT2D eigenvalue weighted by Crippen LogP contribution is 2.36. The van der Waals surface area contributed by atoms with Gasteiger partial charge in [0.15, 0.2) is 0 Å². The lowest BCUT2D eigenvalue weighted by Crippen LogP contribution is -2.13. The number of hydrogen-bond donors (Lipinski definition) is 3. The van der Waals surface area contributed by atoms with Gasteiger partial charge >= 0.3 is 5.97 Å². The number of phenols is 1. The third-order valence-electron chi connectivity index (χ3n) is 4.97. The molecule has 0 aliphatic rings. The van der Waals surface area contributed by atoms with Crippen molar-refractivity contribution >= 4 is 28.2 Å². The number of carbonyl (C=O) groups is 1. The highest BCUT2D eigenvalue weighted by Gasteiger charge is 2.21. The van der Waals surface area contributed by atoms with E-state index in [1.807, 2.05) is 12.1 Å².